The summed E-state index contributed by atoms with van der Waals surface area (Å²) in [5.41, 5.74) is 0.726. The van der Waals surface area contributed by atoms with Crippen LogP contribution in [0, 0.1) is 0 Å². The predicted molar refractivity (Wildman–Crippen MR) is 87.7 cm³/mol. The molecule has 1 fully saturated rings. The Labute approximate surface area is 141 Å². The summed E-state index contributed by atoms with van der Waals surface area (Å²) in [5, 5.41) is 13.8. The van der Waals surface area contributed by atoms with Crippen molar-refractivity contribution < 1.29 is 19.4 Å². The maximum atomic E-state index is 12.5. The first kappa shape index (κ1) is 16.1. The molecule has 0 radical (unpaired) electrons. The number of nitrogens with zero attached hydrogens (tertiary/aromatic N) is 2. The van der Waals surface area contributed by atoms with Gasteiger partial charge in [-0.2, -0.15) is 0 Å². The van der Waals surface area contributed by atoms with E-state index < -0.39 is 12.0 Å². The molecule has 1 N–H and O–H groups in total. The van der Waals surface area contributed by atoms with Crippen molar-refractivity contribution in [1.29, 1.82) is 0 Å². The largest absolute Gasteiger partial charge is 0.481 e. The van der Waals surface area contributed by atoms with Gasteiger partial charge in [-0.15, -0.1) is 22.7 Å². The van der Waals surface area contributed by atoms with Gasteiger partial charge >= 0.3 is 5.97 Å². The van der Waals surface area contributed by atoms with Gasteiger partial charge in [-0.1, -0.05) is 6.07 Å². The monoisotopic (exact) mass is 352 g/mol. The van der Waals surface area contributed by atoms with Gasteiger partial charge in [0.2, 0.25) is 5.91 Å². The van der Waals surface area contributed by atoms with Crippen LogP contribution in [0.5, 0.6) is 0 Å². The van der Waals surface area contributed by atoms with E-state index in [1.165, 1.54) is 11.3 Å². The van der Waals surface area contributed by atoms with E-state index in [2.05, 4.69) is 4.98 Å². The van der Waals surface area contributed by atoms with E-state index in [1.54, 1.807) is 16.2 Å². The van der Waals surface area contributed by atoms with Crippen LogP contribution in [-0.4, -0.2) is 52.7 Å². The maximum Gasteiger partial charge on any atom is 0.305 e. The van der Waals surface area contributed by atoms with E-state index in [9.17, 15) is 9.59 Å². The molecule has 2 aromatic heterocycles. The first-order chi connectivity index (χ1) is 11.1. The zero-order valence-corrected chi connectivity index (χ0v) is 13.9. The molecule has 1 atom stereocenters. The number of thiophene rings is 1. The van der Waals surface area contributed by atoms with Crippen molar-refractivity contribution >= 4 is 34.6 Å². The molecule has 0 saturated carbocycles. The molecule has 2 aromatic rings. The summed E-state index contributed by atoms with van der Waals surface area (Å²) in [5.74, 6) is -1.02. The van der Waals surface area contributed by atoms with Crippen molar-refractivity contribution in [3.63, 3.8) is 0 Å². The molecule has 122 valence electrons. The maximum absolute atomic E-state index is 12.5. The van der Waals surface area contributed by atoms with Crippen LogP contribution in [0.15, 0.2) is 22.9 Å². The van der Waals surface area contributed by atoms with Crippen molar-refractivity contribution in [3.05, 3.63) is 28.6 Å². The molecule has 1 aliphatic heterocycles. The van der Waals surface area contributed by atoms with Crippen LogP contribution < -0.4 is 0 Å². The van der Waals surface area contributed by atoms with Gasteiger partial charge in [0.25, 0.3) is 0 Å². The molecule has 1 aliphatic rings. The number of rotatable bonds is 5. The number of hydrogen-bond donors (Lipinski definition) is 1. The number of morpholine rings is 1. The molecule has 6 nitrogen and oxygen atoms in total. The Hall–Kier alpha value is -1.77. The second-order valence-corrected chi connectivity index (χ2v) is 7.02. The molecule has 1 unspecified atom stereocenters. The number of thiazole rings is 1. The Morgan fingerprint density at radius 3 is 3.04 bits per heavy atom. The van der Waals surface area contributed by atoms with E-state index in [4.69, 9.17) is 9.84 Å². The summed E-state index contributed by atoms with van der Waals surface area (Å²) in [7, 11) is 0. The fraction of sp³-hybridized carbons (Fsp3) is 0.400. The van der Waals surface area contributed by atoms with Crippen molar-refractivity contribution in [3.8, 4) is 9.88 Å². The smallest absolute Gasteiger partial charge is 0.305 e. The van der Waals surface area contributed by atoms with Crippen molar-refractivity contribution in [2.24, 2.45) is 0 Å². The zero-order valence-electron chi connectivity index (χ0n) is 12.3. The van der Waals surface area contributed by atoms with Gasteiger partial charge in [-0.3, -0.25) is 9.59 Å². The van der Waals surface area contributed by atoms with Crippen LogP contribution in [0.25, 0.3) is 9.88 Å². The lowest BCUT2D eigenvalue weighted by atomic mass is 10.1. The molecule has 0 aliphatic carbocycles. The molecular formula is C15H16N2O4S2. The van der Waals surface area contributed by atoms with Crippen LogP contribution in [0.3, 0.4) is 0 Å². The van der Waals surface area contributed by atoms with Crippen molar-refractivity contribution in [2.75, 3.05) is 19.8 Å². The Bertz CT molecular complexity index is 683. The molecule has 0 spiro atoms. The van der Waals surface area contributed by atoms with Gasteiger partial charge in [-0.25, -0.2) is 4.98 Å². The summed E-state index contributed by atoms with van der Waals surface area (Å²) in [6, 6.07) is 3.57. The van der Waals surface area contributed by atoms with Crippen LogP contribution in [-0.2, 0) is 20.7 Å². The first-order valence-electron chi connectivity index (χ1n) is 7.21. The highest BCUT2D eigenvalue weighted by atomic mass is 32.1. The zero-order chi connectivity index (χ0) is 16.2. The van der Waals surface area contributed by atoms with Gasteiger partial charge in [0.1, 0.15) is 5.01 Å². The second kappa shape index (κ2) is 7.20. The molecule has 23 heavy (non-hydrogen) atoms. The minimum absolute atomic E-state index is 0.0940. The van der Waals surface area contributed by atoms with Crippen LogP contribution >= 0.6 is 22.7 Å². The fourth-order valence-corrected chi connectivity index (χ4v) is 4.15. The SMILES string of the molecule is O=C(O)CC1COCCN1C(=O)Cc1csc(-c2cccs2)n1. The number of amides is 1. The normalized spacial score (nSPS) is 18.1. The van der Waals surface area contributed by atoms with Crippen LogP contribution in [0.2, 0.25) is 0 Å². The summed E-state index contributed by atoms with van der Waals surface area (Å²) in [4.78, 5) is 30.6. The number of carbonyl (C=O) groups excluding carboxylic acids is 1. The van der Waals surface area contributed by atoms with Gasteiger partial charge < -0.3 is 14.7 Å². The average molecular weight is 352 g/mol. The van der Waals surface area contributed by atoms with Gasteiger partial charge in [0, 0.05) is 11.9 Å². The third-order valence-electron chi connectivity index (χ3n) is 3.57. The van der Waals surface area contributed by atoms with Crippen molar-refractivity contribution in [1.82, 2.24) is 9.88 Å². The summed E-state index contributed by atoms with van der Waals surface area (Å²) >= 11 is 3.13. The van der Waals surface area contributed by atoms with Crippen molar-refractivity contribution in [2.45, 2.75) is 18.9 Å². The Kier molecular flexibility index (Phi) is 5.04. The molecule has 3 rings (SSSR count). The van der Waals surface area contributed by atoms with Gasteiger partial charge in [0.15, 0.2) is 0 Å². The minimum atomic E-state index is -0.924. The molecular weight excluding hydrogens is 336 g/mol. The van der Waals surface area contributed by atoms with E-state index in [1.807, 2.05) is 22.9 Å². The standard InChI is InChI=1S/C15H16N2O4S2/c18-13(17-3-4-21-8-11(17)7-14(19)20)6-10-9-23-15(16-10)12-2-1-5-22-12/h1-2,5,9,11H,3-4,6-8H2,(H,19,20). The van der Waals surface area contributed by atoms with E-state index in [-0.39, 0.29) is 25.4 Å². The van der Waals surface area contributed by atoms with Gasteiger partial charge in [0.05, 0.1) is 42.7 Å². The fourth-order valence-electron chi connectivity index (χ4n) is 2.51. The highest BCUT2D eigenvalue weighted by Crippen LogP contribution is 2.28. The van der Waals surface area contributed by atoms with Gasteiger partial charge in [-0.05, 0) is 11.4 Å². The third kappa shape index (κ3) is 3.95. The highest BCUT2D eigenvalue weighted by Gasteiger charge is 2.29. The van der Waals surface area contributed by atoms with Crippen LogP contribution in [0.1, 0.15) is 12.1 Å². The highest BCUT2D eigenvalue weighted by molar-refractivity contribution is 7.20. The summed E-state index contributed by atoms with van der Waals surface area (Å²) in [6.07, 6.45) is 0.0985. The number of aromatic nitrogens is 1. The molecule has 0 bridgehead atoms. The lowest BCUT2D eigenvalue weighted by Crippen LogP contribution is -2.50. The van der Waals surface area contributed by atoms with E-state index in [0.29, 0.717) is 13.2 Å². The van der Waals surface area contributed by atoms with E-state index >= 15 is 0 Å². The number of aliphatic carboxylic acids is 1. The summed E-state index contributed by atoms with van der Waals surface area (Å²) in [6.45, 7) is 1.15. The number of carbonyl (C=O) groups is 2. The Morgan fingerprint density at radius 2 is 2.30 bits per heavy atom. The number of hydrogen-bond acceptors (Lipinski definition) is 6. The molecule has 8 heteroatoms. The lowest BCUT2D eigenvalue weighted by molar-refractivity contribution is -0.145. The minimum Gasteiger partial charge on any atom is -0.481 e. The average Bonchev–Trinajstić information content (AvgIpc) is 3.17. The molecule has 3 heterocycles. The third-order valence-corrected chi connectivity index (χ3v) is 5.50. The first-order valence-corrected chi connectivity index (χ1v) is 8.96. The molecule has 0 aromatic carbocycles. The Morgan fingerprint density at radius 1 is 1.43 bits per heavy atom. The summed E-state index contributed by atoms with van der Waals surface area (Å²) < 4.78 is 5.30. The number of ether oxygens (including phenoxy) is 1. The lowest BCUT2D eigenvalue weighted by Gasteiger charge is -2.34. The molecule has 1 saturated heterocycles. The topological polar surface area (TPSA) is 79.7 Å². The number of carboxylic acids is 1. The number of carboxylic acid groups (broad SMARTS) is 1. The molecule has 1 amide bonds. The van der Waals surface area contributed by atoms with E-state index in [0.717, 1.165) is 15.6 Å². The Balaban J connectivity index is 1.67. The second-order valence-electron chi connectivity index (χ2n) is 5.21. The predicted octanol–water partition coefficient (Wildman–Crippen LogP) is 2.12. The quantitative estimate of drug-likeness (QED) is 0.891. The van der Waals surface area contributed by atoms with Crippen LogP contribution in [0.4, 0.5) is 0 Å².